The van der Waals surface area contributed by atoms with Crippen molar-refractivity contribution in [2.45, 2.75) is 26.3 Å². The first-order valence-electron chi connectivity index (χ1n) is 7.06. The van der Waals surface area contributed by atoms with Crippen molar-refractivity contribution in [3.8, 4) is 0 Å². The first-order valence-corrected chi connectivity index (χ1v) is 7.06. The first kappa shape index (κ1) is 15.4. The molecule has 1 fully saturated rings. The van der Waals surface area contributed by atoms with E-state index in [-0.39, 0.29) is 17.0 Å². The zero-order valence-corrected chi connectivity index (χ0v) is 13.0. The molecule has 8 heteroatoms. The van der Waals surface area contributed by atoms with Gasteiger partial charge in [0, 0.05) is 31.7 Å². The molecule has 1 aliphatic rings. The Bertz CT molecular complexity index is 533. The average Bonchev–Trinajstić information content (AvgIpc) is 2.41. The van der Waals surface area contributed by atoms with Crippen molar-refractivity contribution in [3.63, 3.8) is 0 Å². The molecule has 0 bridgehead atoms. The largest absolute Gasteiger partial charge is 0.364 e. The third-order valence-electron chi connectivity index (χ3n) is 3.95. The van der Waals surface area contributed by atoms with Crippen LogP contribution in [0, 0.1) is 10.1 Å². The number of hydrogen-bond donors (Lipinski definition) is 1. The summed E-state index contributed by atoms with van der Waals surface area (Å²) in [5, 5.41) is 14.4. The van der Waals surface area contributed by atoms with Crippen LogP contribution in [0.15, 0.2) is 6.33 Å². The number of rotatable bonds is 4. The highest BCUT2D eigenvalue weighted by Gasteiger charge is 2.35. The molecule has 1 aliphatic heterocycles. The number of anilines is 2. The van der Waals surface area contributed by atoms with E-state index in [0.29, 0.717) is 25.5 Å². The van der Waals surface area contributed by atoms with Gasteiger partial charge in [-0.05, 0) is 27.8 Å². The number of aromatic nitrogens is 2. The molecule has 2 rings (SSSR count). The predicted octanol–water partition coefficient (Wildman–Crippen LogP) is 1.35. The SMILES string of the molecule is CCNc1ncnc(N2CCN(C)C(C)(C)C2)c1[N+](=O)[O-]. The van der Waals surface area contributed by atoms with Crippen molar-refractivity contribution >= 4 is 17.3 Å². The summed E-state index contributed by atoms with van der Waals surface area (Å²) in [6.45, 7) is 8.94. The lowest BCUT2D eigenvalue weighted by Gasteiger charge is -2.45. The highest BCUT2D eigenvalue weighted by molar-refractivity contribution is 5.70. The molecule has 0 spiro atoms. The summed E-state index contributed by atoms with van der Waals surface area (Å²) in [5.41, 5.74) is -0.102. The molecule has 0 atom stereocenters. The molecule has 1 N–H and O–H groups in total. The lowest BCUT2D eigenvalue weighted by molar-refractivity contribution is -0.383. The molecule has 116 valence electrons. The van der Waals surface area contributed by atoms with Crippen LogP contribution in [0.5, 0.6) is 0 Å². The summed E-state index contributed by atoms with van der Waals surface area (Å²) in [5.74, 6) is 0.677. The predicted molar refractivity (Wildman–Crippen MR) is 81.8 cm³/mol. The van der Waals surface area contributed by atoms with E-state index >= 15 is 0 Å². The Morgan fingerprint density at radius 1 is 1.43 bits per heavy atom. The fourth-order valence-corrected chi connectivity index (χ4v) is 2.49. The second-order valence-electron chi connectivity index (χ2n) is 5.84. The fourth-order valence-electron chi connectivity index (χ4n) is 2.49. The van der Waals surface area contributed by atoms with Crippen molar-refractivity contribution < 1.29 is 4.92 Å². The topological polar surface area (TPSA) is 87.4 Å². The van der Waals surface area contributed by atoms with Crippen LogP contribution < -0.4 is 10.2 Å². The van der Waals surface area contributed by atoms with Gasteiger partial charge in [-0.2, -0.15) is 0 Å². The van der Waals surface area contributed by atoms with Crippen LogP contribution in [0.4, 0.5) is 17.3 Å². The zero-order chi connectivity index (χ0) is 15.6. The van der Waals surface area contributed by atoms with Gasteiger partial charge in [0.2, 0.25) is 11.6 Å². The van der Waals surface area contributed by atoms with E-state index in [1.807, 2.05) is 11.8 Å². The van der Waals surface area contributed by atoms with E-state index in [2.05, 4.69) is 41.1 Å². The minimum Gasteiger partial charge on any atom is -0.364 e. The summed E-state index contributed by atoms with van der Waals surface area (Å²) in [4.78, 5) is 23.4. The van der Waals surface area contributed by atoms with Crippen LogP contribution in [0.1, 0.15) is 20.8 Å². The van der Waals surface area contributed by atoms with Gasteiger partial charge < -0.3 is 10.2 Å². The van der Waals surface area contributed by atoms with Crippen molar-refractivity contribution in [3.05, 3.63) is 16.4 Å². The molecular formula is C13H22N6O2. The van der Waals surface area contributed by atoms with Crippen LogP contribution in [0.3, 0.4) is 0 Å². The van der Waals surface area contributed by atoms with Gasteiger partial charge in [-0.3, -0.25) is 15.0 Å². The molecule has 1 saturated heterocycles. The lowest BCUT2D eigenvalue weighted by Crippen LogP contribution is -2.58. The van der Waals surface area contributed by atoms with Gasteiger partial charge in [0.25, 0.3) is 0 Å². The van der Waals surface area contributed by atoms with Gasteiger partial charge in [0.05, 0.1) is 4.92 Å². The molecule has 0 amide bonds. The van der Waals surface area contributed by atoms with E-state index < -0.39 is 4.92 Å². The van der Waals surface area contributed by atoms with Gasteiger partial charge >= 0.3 is 5.69 Å². The Hall–Kier alpha value is -1.96. The summed E-state index contributed by atoms with van der Waals surface area (Å²) in [6, 6.07) is 0. The number of hydrogen-bond acceptors (Lipinski definition) is 7. The van der Waals surface area contributed by atoms with Crippen molar-refractivity contribution in [2.75, 3.05) is 43.4 Å². The molecule has 1 aromatic rings. The van der Waals surface area contributed by atoms with Gasteiger partial charge in [-0.25, -0.2) is 9.97 Å². The molecule has 0 aliphatic carbocycles. The molecule has 0 saturated carbocycles. The Balaban J connectivity index is 2.39. The van der Waals surface area contributed by atoms with E-state index in [0.717, 1.165) is 6.54 Å². The number of nitrogens with zero attached hydrogens (tertiary/aromatic N) is 5. The summed E-state index contributed by atoms with van der Waals surface area (Å²) in [6.07, 6.45) is 1.38. The molecule has 1 aromatic heterocycles. The number of nitro groups is 1. The monoisotopic (exact) mass is 294 g/mol. The Morgan fingerprint density at radius 3 is 2.71 bits per heavy atom. The summed E-state index contributed by atoms with van der Waals surface area (Å²) < 4.78 is 0. The fraction of sp³-hybridized carbons (Fsp3) is 0.692. The maximum atomic E-state index is 11.4. The van der Waals surface area contributed by atoms with Crippen LogP contribution >= 0.6 is 0 Å². The van der Waals surface area contributed by atoms with E-state index in [4.69, 9.17) is 0 Å². The highest BCUT2D eigenvalue weighted by atomic mass is 16.6. The Kier molecular flexibility index (Phi) is 4.26. The summed E-state index contributed by atoms with van der Waals surface area (Å²) >= 11 is 0. The number of likely N-dealkylation sites (N-methyl/N-ethyl adjacent to an activating group) is 1. The smallest absolute Gasteiger partial charge is 0.353 e. The van der Waals surface area contributed by atoms with Crippen molar-refractivity contribution in [2.24, 2.45) is 0 Å². The van der Waals surface area contributed by atoms with Crippen LogP contribution in [0.25, 0.3) is 0 Å². The molecule has 8 nitrogen and oxygen atoms in total. The second kappa shape index (κ2) is 5.80. The van der Waals surface area contributed by atoms with Crippen LogP contribution in [0.2, 0.25) is 0 Å². The van der Waals surface area contributed by atoms with Crippen LogP contribution in [-0.2, 0) is 0 Å². The van der Waals surface area contributed by atoms with Gasteiger partial charge in [0.1, 0.15) is 6.33 Å². The third kappa shape index (κ3) is 3.05. The number of piperazine rings is 1. The van der Waals surface area contributed by atoms with Gasteiger partial charge in [-0.1, -0.05) is 0 Å². The molecular weight excluding hydrogens is 272 g/mol. The first-order chi connectivity index (χ1) is 9.86. The zero-order valence-electron chi connectivity index (χ0n) is 13.0. The van der Waals surface area contributed by atoms with E-state index in [1.165, 1.54) is 6.33 Å². The molecule has 2 heterocycles. The molecule has 21 heavy (non-hydrogen) atoms. The van der Waals surface area contributed by atoms with Crippen molar-refractivity contribution in [1.82, 2.24) is 14.9 Å². The third-order valence-corrected chi connectivity index (χ3v) is 3.95. The normalized spacial score (nSPS) is 18.6. The maximum absolute atomic E-state index is 11.4. The minimum atomic E-state index is -0.404. The maximum Gasteiger partial charge on any atom is 0.353 e. The van der Waals surface area contributed by atoms with Crippen LogP contribution in [-0.4, -0.2) is 58.6 Å². The molecule has 0 aromatic carbocycles. The quantitative estimate of drug-likeness (QED) is 0.662. The highest BCUT2D eigenvalue weighted by Crippen LogP contribution is 2.34. The standard InChI is InChI=1S/C13H22N6O2/c1-5-14-11-10(19(20)21)12(16-9-15-11)18-7-6-17(4)13(2,3)8-18/h9H,5-8H2,1-4H3,(H,14,15,16). The van der Waals surface area contributed by atoms with E-state index in [9.17, 15) is 10.1 Å². The number of nitrogens with one attached hydrogen (secondary N) is 1. The minimum absolute atomic E-state index is 0.0419. The lowest BCUT2D eigenvalue weighted by atomic mass is 10.00. The van der Waals surface area contributed by atoms with E-state index in [1.54, 1.807) is 0 Å². The molecule has 0 radical (unpaired) electrons. The van der Waals surface area contributed by atoms with Gasteiger partial charge in [0.15, 0.2) is 0 Å². The van der Waals surface area contributed by atoms with Gasteiger partial charge in [-0.15, -0.1) is 0 Å². The van der Waals surface area contributed by atoms with Crippen molar-refractivity contribution in [1.29, 1.82) is 0 Å². The average molecular weight is 294 g/mol. The Labute approximate surface area is 124 Å². The second-order valence-corrected chi connectivity index (χ2v) is 5.84. The Morgan fingerprint density at radius 2 is 2.14 bits per heavy atom. The summed E-state index contributed by atoms with van der Waals surface area (Å²) in [7, 11) is 2.07. The molecule has 0 unspecified atom stereocenters.